The van der Waals surface area contributed by atoms with Crippen LogP contribution in [-0.2, 0) is 6.42 Å². The van der Waals surface area contributed by atoms with Crippen LogP contribution in [-0.4, -0.2) is 50.9 Å². The Morgan fingerprint density at radius 2 is 2.37 bits per heavy atom. The van der Waals surface area contributed by atoms with E-state index >= 15 is 0 Å². The summed E-state index contributed by atoms with van der Waals surface area (Å²) in [4.78, 5) is 2.12. The average molecular weight is 266 g/mol. The minimum atomic E-state index is -0.648. The number of hydrogen-bond acceptors (Lipinski definition) is 3. The molecule has 0 radical (unpaired) electrons. The van der Waals surface area contributed by atoms with E-state index in [9.17, 15) is 4.39 Å². The van der Waals surface area contributed by atoms with Gasteiger partial charge >= 0.3 is 0 Å². The number of nitrogens with one attached hydrogen (secondary N) is 1. The van der Waals surface area contributed by atoms with Gasteiger partial charge < -0.3 is 10.1 Å². The highest BCUT2D eigenvalue weighted by Crippen LogP contribution is 2.15. The maximum Gasteiger partial charge on any atom is 0.119 e. The van der Waals surface area contributed by atoms with Crippen LogP contribution in [0.3, 0.4) is 0 Å². The lowest BCUT2D eigenvalue weighted by Gasteiger charge is -2.15. The molecule has 1 aliphatic heterocycles. The smallest absolute Gasteiger partial charge is 0.119 e. The summed E-state index contributed by atoms with van der Waals surface area (Å²) in [6, 6.07) is 8.19. The zero-order chi connectivity index (χ0) is 13.5. The molecule has 19 heavy (non-hydrogen) atoms. The Balaban J connectivity index is 1.73. The molecule has 0 spiro atoms. The minimum Gasteiger partial charge on any atom is -0.492 e. The van der Waals surface area contributed by atoms with Crippen molar-refractivity contribution in [2.45, 2.75) is 19.0 Å². The summed E-state index contributed by atoms with van der Waals surface area (Å²) >= 11 is 0. The van der Waals surface area contributed by atoms with E-state index in [0.29, 0.717) is 19.6 Å². The molecule has 0 bridgehead atoms. The number of halogens is 1. The summed E-state index contributed by atoms with van der Waals surface area (Å²) in [5.74, 6) is 0.907. The van der Waals surface area contributed by atoms with Gasteiger partial charge in [0.05, 0.1) is 0 Å². The van der Waals surface area contributed by atoms with Crippen molar-refractivity contribution < 1.29 is 9.13 Å². The van der Waals surface area contributed by atoms with E-state index in [1.165, 1.54) is 5.56 Å². The summed E-state index contributed by atoms with van der Waals surface area (Å²) in [7, 11) is 1.95. The van der Waals surface area contributed by atoms with Crippen LogP contribution in [0.25, 0.3) is 0 Å². The van der Waals surface area contributed by atoms with Crippen molar-refractivity contribution >= 4 is 0 Å². The summed E-state index contributed by atoms with van der Waals surface area (Å²) in [6.45, 7) is 3.82. The molecule has 1 heterocycles. The van der Waals surface area contributed by atoms with Crippen LogP contribution in [0.5, 0.6) is 5.75 Å². The molecule has 0 aromatic heterocycles. The Morgan fingerprint density at radius 1 is 1.47 bits per heavy atom. The highest BCUT2D eigenvalue weighted by Gasteiger charge is 2.20. The van der Waals surface area contributed by atoms with Gasteiger partial charge in [-0.2, -0.15) is 0 Å². The van der Waals surface area contributed by atoms with Crippen molar-refractivity contribution in [2.75, 3.05) is 39.8 Å². The molecule has 1 N–H and O–H groups in total. The van der Waals surface area contributed by atoms with Gasteiger partial charge in [0.2, 0.25) is 0 Å². The Bertz CT molecular complexity index is 386. The van der Waals surface area contributed by atoms with Crippen LogP contribution < -0.4 is 10.1 Å². The van der Waals surface area contributed by atoms with Crippen LogP contribution in [0, 0.1) is 0 Å². The predicted molar refractivity (Wildman–Crippen MR) is 75.5 cm³/mol. The maximum atomic E-state index is 13.0. The van der Waals surface area contributed by atoms with E-state index in [2.05, 4.69) is 22.3 Å². The van der Waals surface area contributed by atoms with Crippen molar-refractivity contribution in [3.8, 4) is 5.75 Å². The standard InChI is InChI=1S/C15H23FN2O/c1-17-7-5-13-3-2-4-15(11-13)19-10-9-18-8-6-14(16)12-18/h2-4,11,14,17H,5-10,12H2,1H3/t14-/m1/s1. The fourth-order valence-electron chi connectivity index (χ4n) is 2.34. The second-order valence-corrected chi connectivity index (χ2v) is 5.04. The lowest BCUT2D eigenvalue weighted by atomic mass is 10.1. The van der Waals surface area contributed by atoms with E-state index in [1.54, 1.807) is 0 Å². The van der Waals surface area contributed by atoms with E-state index in [1.807, 2.05) is 19.2 Å². The van der Waals surface area contributed by atoms with Gasteiger partial charge in [0, 0.05) is 19.6 Å². The van der Waals surface area contributed by atoms with E-state index < -0.39 is 6.17 Å². The summed E-state index contributed by atoms with van der Waals surface area (Å²) in [6.07, 6.45) is 1.02. The van der Waals surface area contributed by atoms with Gasteiger partial charge in [0.15, 0.2) is 0 Å². The normalized spacial score (nSPS) is 19.8. The molecule has 1 atom stereocenters. The Morgan fingerprint density at radius 3 is 3.11 bits per heavy atom. The summed E-state index contributed by atoms with van der Waals surface area (Å²) in [5, 5.41) is 3.14. The summed E-state index contributed by atoms with van der Waals surface area (Å²) < 4.78 is 18.7. The molecule has 4 heteroatoms. The Labute approximate surface area is 114 Å². The molecular weight excluding hydrogens is 243 g/mol. The lowest BCUT2D eigenvalue weighted by Crippen LogP contribution is -2.26. The molecule has 1 saturated heterocycles. The number of likely N-dealkylation sites (tertiary alicyclic amines) is 1. The average Bonchev–Trinajstić information content (AvgIpc) is 2.83. The molecule has 106 valence electrons. The topological polar surface area (TPSA) is 24.5 Å². The van der Waals surface area contributed by atoms with Gasteiger partial charge in [-0.05, 0) is 44.1 Å². The van der Waals surface area contributed by atoms with Gasteiger partial charge in [-0.1, -0.05) is 12.1 Å². The Hall–Kier alpha value is -1.13. The second-order valence-electron chi connectivity index (χ2n) is 5.04. The number of likely N-dealkylation sites (N-methyl/N-ethyl adjacent to an activating group) is 1. The molecule has 3 nitrogen and oxygen atoms in total. The molecule has 0 aliphatic carbocycles. The van der Waals surface area contributed by atoms with Crippen LogP contribution in [0.1, 0.15) is 12.0 Å². The first-order valence-electron chi connectivity index (χ1n) is 7.00. The van der Waals surface area contributed by atoms with Gasteiger partial charge in [0.25, 0.3) is 0 Å². The SMILES string of the molecule is CNCCc1cccc(OCCN2CC[C@@H](F)C2)c1. The predicted octanol–water partition coefficient (Wildman–Crippen LogP) is 1.87. The number of nitrogens with zero attached hydrogens (tertiary/aromatic N) is 1. The van der Waals surface area contributed by atoms with Gasteiger partial charge in [-0.15, -0.1) is 0 Å². The number of rotatable bonds is 7. The third-order valence-corrected chi connectivity index (χ3v) is 3.45. The fraction of sp³-hybridized carbons (Fsp3) is 0.600. The molecule has 2 rings (SSSR count). The monoisotopic (exact) mass is 266 g/mol. The third kappa shape index (κ3) is 4.80. The van der Waals surface area contributed by atoms with Crippen molar-refractivity contribution in [2.24, 2.45) is 0 Å². The first kappa shape index (κ1) is 14.3. The molecular formula is C15H23FN2O. The highest BCUT2D eigenvalue weighted by molar-refractivity contribution is 5.28. The third-order valence-electron chi connectivity index (χ3n) is 3.45. The summed E-state index contributed by atoms with van der Waals surface area (Å²) in [5.41, 5.74) is 1.27. The first-order chi connectivity index (χ1) is 9.28. The quantitative estimate of drug-likeness (QED) is 0.815. The number of hydrogen-bond donors (Lipinski definition) is 1. The number of benzene rings is 1. The fourth-order valence-corrected chi connectivity index (χ4v) is 2.34. The largest absolute Gasteiger partial charge is 0.492 e. The first-order valence-corrected chi connectivity index (χ1v) is 7.00. The Kier molecular flexibility index (Phi) is 5.61. The molecule has 1 fully saturated rings. The van der Waals surface area contributed by atoms with Crippen LogP contribution in [0.15, 0.2) is 24.3 Å². The van der Waals surface area contributed by atoms with E-state index in [4.69, 9.17) is 4.74 Å². The zero-order valence-corrected chi connectivity index (χ0v) is 11.6. The molecule has 1 aliphatic rings. The van der Waals surface area contributed by atoms with Crippen molar-refractivity contribution in [3.05, 3.63) is 29.8 Å². The van der Waals surface area contributed by atoms with Crippen molar-refractivity contribution in [1.29, 1.82) is 0 Å². The molecule has 0 unspecified atom stereocenters. The van der Waals surface area contributed by atoms with E-state index in [0.717, 1.165) is 31.8 Å². The van der Waals surface area contributed by atoms with Gasteiger partial charge in [-0.3, -0.25) is 4.90 Å². The maximum absolute atomic E-state index is 13.0. The molecule has 0 saturated carbocycles. The second kappa shape index (κ2) is 7.46. The van der Waals surface area contributed by atoms with E-state index in [-0.39, 0.29) is 0 Å². The highest BCUT2D eigenvalue weighted by atomic mass is 19.1. The van der Waals surface area contributed by atoms with Crippen LogP contribution in [0.4, 0.5) is 4.39 Å². The van der Waals surface area contributed by atoms with Crippen molar-refractivity contribution in [1.82, 2.24) is 10.2 Å². The lowest BCUT2D eigenvalue weighted by molar-refractivity contribution is 0.224. The van der Waals surface area contributed by atoms with Gasteiger partial charge in [-0.25, -0.2) is 4.39 Å². The van der Waals surface area contributed by atoms with Crippen molar-refractivity contribution in [3.63, 3.8) is 0 Å². The molecule has 1 aromatic rings. The van der Waals surface area contributed by atoms with Crippen LogP contribution >= 0.6 is 0 Å². The minimum absolute atomic E-state index is 0.561. The van der Waals surface area contributed by atoms with Gasteiger partial charge in [0.1, 0.15) is 18.5 Å². The number of alkyl halides is 1. The molecule has 1 aromatic carbocycles. The zero-order valence-electron chi connectivity index (χ0n) is 11.6. The number of ether oxygens (including phenoxy) is 1. The van der Waals surface area contributed by atoms with Crippen LogP contribution in [0.2, 0.25) is 0 Å². The molecule has 0 amide bonds.